The molecule has 0 radical (unpaired) electrons. The third-order valence-corrected chi connectivity index (χ3v) is 3.82. The number of hydrogen-bond donors (Lipinski definition) is 1. The number of hydrogen-bond acceptors (Lipinski definition) is 2. The maximum atomic E-state index is 6.62. The number of rotatable bonds is 3. The SMILES string of the molecule is C/C=I/CSC=N. The van der Waals surface area contributed by atoms with E-state index in [9.17, 15) is 0 Å². The van der Waals surface area contributed by atoms with E-state index >= 15 is 0 Å². The minimum Gasteiger partial charge on any atom is -0.302 e. The Bertz CT molecular complexity index is 72.1. The summed E-state index contributed by atoms with van der Waals surface area (Å²) in [5.74, 6) is 0. The lowest BCUT2D eigenvalue weighted by Crippen LogP contribution is -1.58. The number of nitrogens with one attached hydrogen (secondary N) is 1. The van der Waals surface area contributed by atoms with E-state index in [1.165, 1.54) is 9.31 Å². The number of alkyl halides is 1. The summed E-state index contributed by atoms with van der Waals surface area (Å²) in [4.78, 5) is 0. The number of thioether (sulfide) groups is 1. The summed E-state index contributed by atoms with van der Waals surface area (Å²) in [7, 11) is 0. The molecule has 0 heterocycles. The average Bonchev–Trinajstić information content (AvgIpc) is 1.69. The second-order valence-corrected chi connectivity index (χ2v) is 5.55. The Hall–Kier alpha value is 0.620. The van der Waals surface area contributed by atoms with E-state index in [1.54, 1.807) is 11.8 Å². The second kappa shape index (κ2) is 6.62. The fourth-order valence-corrected chi connectivity index (χ4v) is 2.63. The molecule has 0 atom stereocenters. The molecular weight excluding hydrogens is 221 g/mol. The van der Waals surface area contributed by atoms with Crippen molar-refractivity contribution >= 4 is 42.1 Å². The Morgan fingerprint density at radius 3 is 3.00 bits per heavy atom. The molecule has 0 aromatic heterocycles. The van der Waals surface area contributed by atoms with Crippen LogP contribution in [0.4, 0.5) is 0 Å². The zero-order valence-electron chi connectivity index (χ0n) is 4.15. The van der Waals surface area contributed by atoms with Crippen LogP contribution in [0.25, 0.3) is 0 Å². The second-order valence-electron chi connectivity index (χ2n) is 0.766. The molecule has 0 aliphatic heterocycles. The van der Waals surface area contributed by atoms with Crippen molar-refractivity contribution in [2.24, 2.45) is 0 Å². The van der Waals surface area contributed by atoms with Crippen molar-refractivity contribution in [3.63, 3.8) is 0 Å². The summed E-state index contributed by atoms with van der Waals surface area (Å²) in [5, 5.41) is 6.62. The minimum atomic E-state index is 0.308. The fourth-order valence-electron chi connectivity index (χ4n) is 0.131. The van der Waals surface area contributed by atoms with E-state index < -0.39 is 0 Å². The summed E-state index contributed by atoms with van der Waals surface area (Å²) in [5.41, 5.74) is 1.41. The standard InChI is InChI=1S/C4H8INS/c1-2-5-3-7-4-6/h2,4,6H,3H2,1H3. The van der Waals surface area contributed by atoms with Gasteiger partial charge in [0.25, 0.3) is 0 Å². The molecule has 0 unspecified atom stereocenters. The lowest BCUT2D eigenvalue weighted by atomic mass is 11.0. The van der Waals surface area contributed by atoms with Crippen molar-refractivity contribution in [1.82, 2.24) is 0 Å². The number of halogens is 1. The van der Waals surface area contributed by atoms with Gasteiger partial charge in [-0.25, -0.2) is 0 Å². The molecule has 3 heteroatoms. The normalized spacial score (nSPS) is 11.0. The van der Waals surface area contributed by atoms with Crippen LogP contribution >= 0.6 is 32.5 Å². The van der Waals surface area contributed by atoms with Crippen molar-refractivity contribution in [3.05, 3.63) is 0 Å². The summed E-state index contributed by atoms with van der Waals surface area (Å²) in [6, 6.07) is 0. The molecule has 0 bridgehead atoms. The molecule has 1 nitrogen and oxygen atoms in total. The molecule has 42 valence electrons. The Morgan fingerprint density at radius 2 is 2.57 bits per heavy atom. The maximum Gasteiger partial charge on any atom is 0.0513 e. The van der Waals surface area contributed by atoms with E-state index in [4.69, 9.17) is 5.41 Å². The largest absolute Gasteiger partial charge is 0.302 e. The van der Waals surface area contributed by atoms with Gasteiger partial charge < -0.3 is 5.41 Å². The quantitative estimate of drug-likeness (QED) is 0.259. The van der Waals surface area contributed by atoms with Crippen molar-refractivity contribution < 1.29 is 0 Å². The van der Waals surface area contributed by atoms with Crippen LogP contribution in [0.15, 0.2) is 0 Å². The van der Waals surface area contributed by atoms with E-state index in [0.29, 0.717) is 20.7 Å². The van der Waals surface area contributed by atoms with Gasteiger partial charge in [-0.1, -0.05) is 4.01 Å². The van der Waals surface area contributed by atoms with Crippen molar-refractivity contribution in [2.75, 3.05) is 3.76 Å². The van der Waals surface area contributed by atoms with Crippen molar-refractivity contribution in [3.8, 4) is 0 Å². The van der Waals surface area contributed by atoms with E-state index in [0.717, 1.165) is 0 Å². The molecule has 0 aromatic carbocycles. The van der Waals surface area contributed by atoms with Crippen LogP contribution in [0, 0.1) is 5.41 Å². The highest BCUT2D eigenvalue weighted by molar-refractivity contribution is 14.2. The van der Waals surface area contributed by atoms with Gasteiger partial charge in [-0.05, 0) is 6.92 Å². The lowest BCUT2D eigenvalue weighted by molar-refractivity contribution is 1.60. The Balaban J connectivity index is 2.82. The van der Waals surface area contributed by atoms with Crippen LogP contribution in [0.5, 0.6) is 0 Å². The van der Waals surface area contributed by atoms with Crippen LogP contribution in [0.1, 0.15) is 6.92 Å². The smallest absolute Gasteiger partial charge is 0.0513 e. The highest BCUT2D eigenvalue weighted by Gasteiger charge is 1.70. The summed E-state index contributed by atoms with van der Waals surface area (Å²) < 4.78 is 3.38. The molecule has 0 aliphatic rings. The molecule has 1 N–H and O–H groups in total. The zero-order valence-corrected chi connectivity index (χ0v) is 7.12. The zero-order chi connectivity index (χ0) is 5.54. The lowest BCUT2D eigenvalue weighted by Gasteiger charge is -1.77. The van der Waals surface area contributed by atoms with Gasteiger partial charge in [0.05, 0.1) is 5.55 Å². The van der Waals surface area contributed by atoms with Gasteiger partial charge in [-0.15, -0.1) is 32.5 Å². The minimum absolute atomic E-state index is 0.308. The van der Waals surface area contributed by atoms with E-state index in [2.05, 4.69) is 10.9 Å². The first-order valence-electron chi connectivity index (χ1n) is 1.88. The third kappa shape index (κ3) is 6.62. The highest BCUT2D eigenvalue weighted by Crippen LogP contribution is 2.04. The molecule has 0 aliphatic carbocycles. The highest BCUT2D eigenvalue weighted by atomic mass is 127. The van der Waals surface area contributed by atoms with Gasteiger partial charge >= 0.3 is 0 Å². The molecule has 0 spiro atoms. The molecule has 0 amide bonds. The molecule has 0 saturated carbocycles. The molecule has 0 rings (SSSR count). The van der Waals surface area contributed by atoms with E-state index in [-0.39, 0.29) is 0 Å². The first kappa shape index (κ1) is 7.62. The fraction of sp³-hybridized carbons (Fsp3) is 0.500. The van der Waals surface area contributed by atoms with Gasteiger partial charge in [0.15, 0.2) is 0 Å². The Labute approximate surface area is 58.1 Å². The van der Waals surface area contributed by atoms with Gasteiger partial charge in [0.2, 0.25) is 0 Å². The summed E-state index contributed by atoms with van der Waals surface area (Å²) in [6.45, 7) is 2.08. The van der Waals surface area contributed by atoms with Gasteiger partial charge in [-0.2, -0.15) is 0 Å². The average molecular weight is 229 g/mol. The molecule has 0 fully saturated rings. The molecule has 0 saturated heterocycles. The Morgan fingerprint density at radius 1 is 1.86 bits per heavy atom. The predicted molar refractivity (Wildman–Crippen MR) is 47.0 cm³/mol. The predicted octanol–water partition coefficient (Wildman–Crippen LogP) is 2.08. The monoisotopic (exact) mass is 229 g/mol. The van der Waals surface area contributed by atoms with Crippen molar-refractivity contribution in [2.45, 2.75) is 6.92 Å². The van der Waals surface area contributed by atoms with Crippen LogP contribution in [-0.2, 0) is 0 Å². The van der Waals surface area contributed by atoms with Crippen LogP contribution in [0.2, 0.25) is 0 Å². The first-order chi connectivity index (χ1) is 3.41. The Kier molecular flexibility index (Phi) is 7.21. The molecule has 7 heavy (non-hydrogen) atoms. The van der Waals surface area contributed by atoms with E-state index in [1.807, 2.05) is 0 Å². The van der Waals surface area contributed by atoms with Crippen LogP contribution in [0.3, 0.4) is 0 Å². The van der Waals surface area contributed by atoms with Crippen LogP contribution < -0.4 is 0 Å². The topological polar surface area (TPSA) is 23.9 Å². The van der Waals surface area contributed by atoms with Gasteiger partial charge in [0, 0.05) is 3.76 Å². The van der Waals surface area contributed by atoms with Crippen LogP contribution in [-0.4, -0.2) is 13.3 Å². The van der Waals surface area contributed by atoms with Gasteiger partial charge in [-0.3, -0.25) is 0 Å². The summed E-state index contributed by atoms with van der Waals surface area (Å²) in [6.07, 6.45) is 0. The first-order valence-corrected chi connectivity index (χ1v) is 5.70. The third-order valence-electron chi connectivity index (χ3n) is 0.364. The van der Waals surface area contributed by atoms with Crippen molar-refractivity contribution in [1.29, 1.82) is 5.41 Å². The molecular formula is C4H8INS. The maximum absolute atomic E-state index is 6.62. The summed E-state index contributed by atoms with van der Waals surface area (Å²) >= 11 is 1.90. The van der Waals surface area contributed by atoms with Gasteiger partial charge in [0.1, 0.15) is 0 Å². The molecule has 0 aromatic rings.